The van der Waals surface area contributed by atoms with Crippen molar-refractivity contribution < 1.29 is 28.9 Å². The van der Waals surface area contributed by atoms with Crippen LogP contribution in [-0.2, 0) is 9.59 Å². The number of aliphatic hydroxyl groups excluding tert-OH is 1. The minimum absolute atomic E-state index is 0.0171. The Morgan fingerprint density at radius 3 is 2.27 bits per heavy atom. The van der Waals surface area contributed by atoms with Gasteiger partial charge in [0.15, 0.2) is 5.13 Å². The summed E-state index contributed by atoms with van der Waals surface area (Å²) in [4.78, 5) is 32.9. The van der Waals surface area contributed by atoms with Gasteiger partial charge in [0.05, 0.1) is 43.2 Å². The number of aliphatic hydroxyl groups is 1. The van der Waals surface area contributed by atoms with E-state index < -0.39 is 17.7 Å². The van der Waals surface area contributed by atoms with E-state index in [1.165, 1.54) is 16.2 Å². The molecular formula is C28H24N2O6S. The molecule has 1 fully saturated rings. The van der Waals surface area contributed by atoms with Gasteiger partial charge in [0, 0.05) is 5.56 Å². The molecule has 5 rings (SSSR count). The number of methoxy groups -OCH3 is 3. The van der Waals surface area contributed by atoms with E-state index in [0.29, 0.717) is 39.0 Å². The van der Waals surface area contributed by atoms with Gasteiger partial charge >= 0.3 is 5.91 Å². The highest BCUT2D eigenvalue weighted by Gasteiger charge is 2.48. The summed E-state index contributed by atoms with van der Waals surface area (Å²) < 4.78 is 16.7. The number of fused-ring (bicyclic) bond motifs is 1. The van der Waals surface area contributed by atoms with Crippen molar-refractivity contribution in [2.45, 2.75) is 13.0 Å². The highest BCUT2D eigenvalue weighted by atomic mass is 32.1. The van der Waals surface area contributed by atoms with Gasteiger partial charge in [-0.25, -0.2) is 4.98 Å². The van der Waals surface area contributed by atoms with Gasteiger partial charge in [-0.3, -0.25) is 14.5 Å². The maximum atomic E-state index is 13.5. The van der Waals surface area contributed by atoms with Crippen molar-refractivity contribution in [2.75, 3.05) is 26.2 Å². The number of aryl methyl sites for hydroxylation is 1. The first-order chi connectivity index (χ1) is 17.9. The molecule has 2 heterocycles. The van der Waals surface area contributed by atoms with Crippen molar-refractivity contribution in [1.82, 2.24) is 4.98 Å². The number of Topliss-reactive ketones (excluding diaryl/α,β-unsaturated/α-hetero) is 1. The second-order valence-electron chi connectivity index (χ2n) is 8.46. The molecule has 8 nitrogen and oxygen atoms in total. The summed E-state index contributed by atoms with van der Waals surface area (Å²) in [5, 5.41) is 11.7. The molecule has 1 aliphatic heterocycles. The van der Waals surface area contributed by atoms with Crippen LogP contribution in [0.1, 0.15) is 22.7 Å². The zero-order valence-electron chi connectivity index (χ0n) is 20.6. The molecule has 3 aromatic carbocycles. The molecule has 1 N–H and O–H groups in total. The van der Waals surface area contributed by atoms with Crippen molar-refractivity contribution in [1.29, 1.82) is 0 Å². The normalized spacial score (nSPS) is 16.9. The second kappa shape index (κ2) is 9.59. The number of rotatable bonds is 6. The van der Waals surface area contributed by atoms with Gasteiger partial charge in [-0.2, -0.15) is 0 Å². The lowest BCUT2D eigenvalue weighted by Crippen LogP contribution is -2.29. The maximum Gasteiger partial charge on any atom is 0.301 e. The highest BCUT2D eigenvalue weighted by molar-refractivity contribution is 7.22. The molecule has 188 valence electrons. The van der Waals surface area contributed by atoms with E-state index in [-0.39, 0.29) is 11.3 Å². The molecule has 0 radical (unpaired) electrons. The van der Waals surface area contributed by atoms with Crippen LogP contribution in [0.5, 0.6) is 17.2 Å². The Balaban J connectivity index is 1.70. The second-order valence-corrected chi connectivity index (χ2v) is 9.47. The number of carbonyl (C=O) groups excluding carboxylic acids is 2. The fraction of sp³-hybridized carbons (Fsp3) is 0.179. The number of benzene rings is 3. The number of amides is 1. The smallest absolute Gasteiger partial charge is 0.301 e. The molecule has 0 bridgehead atoms. The van der Waals surface area contributed by atoms with Crippen molar-refractivity contribution in [3.05, 3.63) is 82.9 Å². The summed E-state index contributed by atoms with van der Waals surface area (Å²) in [7, 11) is 4.69. The molecule has 0 saturated carbocycles. The summed E-state index contributed by atoms with van der Waals surface area (Å²) in [5.74, 6) is 0.107. The van der Waals surface area contributed by atoms with Gasteiger partial charge in [0.25, 0.3) is 5.78 Å². The first-order valence-corrected chi connectivity index (χ1v) is 12.2. The van der Waals surface area contributed by atoms with E-state index in [4.69, 9.17) is 14.2 Å². The lowest BCUT2D eigenvalue weighted by Gasteiger charge is -2.23. The van der Waals surface area contributed by atoms with Crippen LogP contribution in [0.25, 0.3) is 16.0 Å². The van der Waals surface area contributed by atoms with Crippen LogP contribution in [0.4, 0.5) is 5.13 Å². The standard InChI is InChI=1S/C28H24N2O6S/c1-15-13-17(7-12-21(15)36-4)25(31)23-24(16-5-8-18(34-2)9-6-16)30(27(33)26(23)32)28-29-20-11-10-19(35-3)14-22(20)37-28/h5-14,24,31H,1-4H3/t24-/m0/s1. The fourth-order valence-corrected chi connectivity index (χ4v) is 5.46. The topological polar surface area (TPSA) is 98.2 Å². The third-order valence-corrected chi connectivity index (χ3v) is 7.35. The Kier molecular flexibility index (Phi) is 6.31. The van der Waals surface area contributed by atoms with Crippen LogP contribution in [0.3, 0.4) is 0 Å². The Morgan fingerprint density at radius 1 is 0.919 bits per heavy atom. The minimum Gasteiger partial charge on any atom is -0.507 e. The van der Waals surface area contributed by atoms with Gasteiger partial charge in [-0.1, -0.05) is 23.5 Å². The predicted octanol–water partition coefficient (Wildman–Crippen LogP) is 5.26. The Bertz CT molecular complexity index is 1560. The quantitative estimate of drug-likeness (QED) is 0.212. The largest absolute Gasteiger partial charge is 0.507 e. The van der Waals surface area contributed by atoms with E-state index in [2.05, 4.69) is 4.98 Å². The summed E-state index contributed by atoms with van der Waals surface area (Å²) >= 11 is 1.27. The monoisotopic (exact) mass is 516 g/mol. The van der Waals surface area contributed by atoms with E-state index in [1.807, 2.05) is 13.0 Å². The molecule has 4 aromatic rings. The lowest BCUT2D eigenvalue weighted by molar-refractivity contribution is -0.132. The van der Waals surface area contributed by atoms with Crippen LogP contribution in [-0.4, -0.2) is 43.1 Å². The summed E-state index contributed by atoms with van der Waals surface area (Å²) in [6, 6.07) is 16.6. The molecule has 0 spiro atoms. The molecule has 0 unspecified atom stereocenters. The first kappa shape index (κ1) is 24.3. The van der Waals surface area contributed by atoms with Crippen molar-refractivity contribution in [3.8, 4) is 17.2 Å². The van der Waals surface area contributed by atoms with E-state index >= 15 is 0 Å². The van der Waals surface area contributed by atoms with Crippen LogP contribution >= 0.6 is 11.3 Å². The van der Waals surface area contributed by atoms with E-state index in [9.17, 15) is 14.7 Å². The Morgan fingerprint density at radius 2 is 1.62 bits per heavy atom. The molecule has 1 aromatic heterocycles. The molecule has 1 saturated heterocycles. The Hall–Kier alpha value is -4.37. The van der Waals surface area contributed by atoms with Crippen LogP contribution in [0.15, 0.2) is 66.2 Å². The van der Waals surface area contributed by atoms with Crippen LogP contribution in [0, 0.1) is 6.92 Å². The van der Waals surface area contributed by atoms with Gasteiger partial charge in [0.1, 0.15) is 23.0 Å². The Labute approximate surface area is 217 Å². The average Bonchev–Trinajstić information content (AvgIpc) is 3.45. The number of ether oxygens (including phenoxy) is 3. The van der Waals surface area contributed by atoms with Gasteiger partial charge in [-0.15, -0.1) is 0 Å². The number of aromatic nitrogens is 1. The minimum atomic E-state index is -0.893. The maximum absolute atomic E-state index is 13.5. The molecule has 1 amide bonds. The first-order valence-electron chi connectivity index (χ1n) is 11.4. The number of hydrogen-bond acceptors (Lipinski definition) is 8. The number of carbonyl (C=O) groups is 2. The lowest BCUT2D eigenvalue weighted by atomic mass is 9.95. The van der Waals surface area contributed by atoms with E-state index in [0.717, 1.165) is 10.3 Å². The third kappa shape index (κ3) is 4.17. The molecule has 9 heteroatoms. The number of nitrogens with zero attached hydrogens (tertiary/aromatic N) is 2. The van der Waals surface area contributed by atoms with Gasteiger partial charge in [0.2, 0.25) is 0 Å². The average molecular weight is 517 g/mol. The number of thiazole rings is 1. The predicted molar refractivity (Wildman–Crippen MR) is 142 cm³/mol. The SMILES string of the molecule is COc1ccc([C@H]2C(=C(O)c3ccc(OC)c(C)c3)C(=O)C(=O)N2c2nc3ccc(OC)cc3s2)cc1. The summed E-state index contributed by atoms with van der Waals surface area (Å²) in [6.07, 6.45) is 0. The number of anilines is 1. The number of ketones is 1. The fourth-order valence-electron chi connectivity index (χ4n) is 4.44. The van der Waals surface area contributed by atoms with E-state index in [1.54, 1.807) is 75.9 Å². The zero-order chi connectivity index (χ0) is 26.3. The van der Waals surface area contributed by atoms with Crippen molar-refractivity contribution >= 4 is 44.1 Å². The van der Waals surface area contributed by atoms with Gasteiger partial charge < -0.3 is 19.3 Å². The molecular weight excluding hydrogens is 492 g/mol. The zero-order valence-corrected chi connectivity index (χ0v) is 21.5. The highest BCUT2D eigenvalue weighted by Crippen LogP contribution is 2.45. The molecule has 1 aliphatic rings. The molecule has 1 atom stereocenters. The molecule has 37 heavy (non-hydrogen) atoms. The summed E-state index contributed by atoms with van der Waals surface area (Å²) in [6.45, 7) is 1.84. The third-order valence-electron chi connectivity index (χ3n) is 6.33. The number of hydrogen-bond donors (Lipinski definition) is 1. The van der Waals surface area contributed by atoms with Crippen molar-refractivity contribution in [2.24, 2.45) is 0 Å². The van der Waals surface area contributed by atoms with Crippen LogP contribution < -0.4 is 19.1 Å². The van der Waals surface area contributed by atoms with Crippen molar-refractivity contribution in [3.63, 3.8) is 0 Å². The summed E-state index contributed by atoms with van der Waals surface area (Å²) in [5.41, 5.74) is 2.47. The van der Waals surface area contributed by atoms with Crippen LogP contribution in [0.2, 0.25) is 0 Å². The van der Waals surface area contributed by atoms with Gasteiger partial charge in [-0.05, 0) is 66.6 Å². The molecule has 0 aliphatic carbocycles.